The molecule has 3 aromatic rings. The predicted molar refractivity (Wildman–Crippen MR) is 103 cm³/mol. The Morgan fingerprint density at radius 2 is 1.85 bits per heavy atom. The molecule has 2 heterocycles. The number of hydrogen-bond acceptors (Lipinski definition) is 6. The highest BCUT2D eigenvalue weighted by Gasteiger charge is 2.12. The van der Waals surface area contributed by atoms with E-state index in [0.717, 1.165) is 41.3 Å². The normalized spacial score (nSPS) is 11.0. The van der Waals surface area contributed by atoms with E-state index >= 15 is 0 Å². The Morgan fingerprint density at radius 1 is 1.04 bits per heavy atom. The maximum Gasteiger partial charge on any atom is 0.191 e. The van der Waals surface area contributed by atoms with E-state index in [4.69, 9.17) is 4.74 Å². The van der Waals surface area contributed by atoms with Gasteiger partial charge in [-0.1, -0.05) is 36.0 Å². The Hall–Kier alpha value is -2.38. The quantitative estimate of drug-likeness (QED) is 0.427. The van der Waals surface area contributed by atoms with Crippen molar-refractivity contribution in [2.75, 3.05) is 19.4 Å². The highest BCUT2D eigenvalue weighted by molar-refractivity contribution is 7.99. The lowest BCUT2D eigenvalue weighted by Gasteiger charge is -2.15. The number of benzene rings is 1. The number of ether oxygens (including phenoxy) is 1. The fraction of sp³-hybridized carbons (Fsp3) is 0.316. The van der Waals surface area contributed by atoms with Crippen LogP contribution in [0.2, 0.25) is 0 Å². The second-order valence-corrected chi connectivity index (χ2v) is 7.02. The summed E-state index contributed by atoms with van der Waals surface area (Å²) >= 11 is 1.65. The molecule has 136 valence electrons. The number of thioether (sulfide) groups is 1. The van der Waals surface area contributed by atoms with E-state index in [1.54, 1.807) is 11.8 Å². The summed E-state index contributed by atoms with van der Waals surface area (Å²) in [5, 5.41) is 9.53. The van der Waals surface area contributed by atoms with Gasteiger partial charge in [0.25, 0.3) is 0 Å². The average Bonchev–Trinajstić information content (AvgIpc) is 3.00. The first-order chi connectivity index (χ1) is 12.7. The Labute approximate surface area is 158 Å². The van der Waals surface area contributed by atoms with E-state index in [1.165, 1.54) is 0 Å². The maximum absolute atomic E-state index is 5.71. The van der Waals surface area contributed by atoms with Gasteiger partial charge < -0.3 is 9.30 Å². The maximum atomic E-state index is 5.71. The first-order valence-electron chi connectivity index (χ1n) is 8.50. The van der Waals surface area contributed by atoms with Gasteiger partial charge >= 0.3 is 0 Å². The van der Waals surface area contributed by atoms with Crippen LogP contribution in [0.5, 0.6) is 5.75 Å². The van der Waals surface area contributed by atoms with Crippen LogP contribution < -0.4 is 4.74 Å². The van der Waals surface area contributed by atoms with E-state index < -0.39 is 0 Å². The van der Waals surface area contributed by atoms with E-state index in [-0.39, 0.29) is 0 Å². The molecule has 0 saturated carbocycles. The van der Waals surface area contributed by atoms with Gasteiger partial charge in [-0.25, -0.2) is 0 Å². The van der Waals surface area contributed by atoms with Crippen molar-refractivity contribution in [1.82, 2.24) is 24.6 Å². The van der Waals surface area contributed by atoms with Crippen molar-refractivity contribution in [2.24, 2.45) is 7.05 Å². The van der Waals surface area contributed by atoms with E-state index in [9.17, 15) is 0 Å². The minimum atomic E-state index is 0.635. The highest BCUT2D eigenvalue weighted by Crippen LogP contribution is 2.17. The summed E-state index contributed by atoms with van der Waals surface area (Å²) in [7, 11) is 4.06. The van der Waals surface area contributed by atoms with Crippen molar-refractivity contribution < 1.29 is 4.74 Å². The molecule has 0 fully saturated rings. The summed E-state index contributed by atoms with van der Waals surface area (Å²) in [4.78, 5) is 6.54. The molecule has 0 saturated heterocycles. The molecule has 0 aliphatic heterocycles. The molecular formula is C19H23N5OS. The molecular weight excluding hydrogens is 346 g/mol. The first-order valence-corrected chi connectivity index (χ1v) is 9.48. The van der Waals surface area contributed by atoms with Gasteiger partial charge in [0.1, 0.15) is 11.6 Å². The third kappa shape index (κ3) is 5.31. The molecule has 6 nitrogen and oxygen atoms in total. The topological polar surface area (TPSA) is 56.1 Å². The fourth-order valence-corrected chi connectivity index (χ4v) is 3.23. The largest absolute Gasteiger partial charge is 0.493 e. The van der Waals surface area contributed by atoms with Crippen molar-refractivity contribution in [3.8, 4) is 5.75 Å². The van der Waals surface area contributed by atoms with Crippen molar-refractivity contribution >= 4 is 11.8 Å². The second kappa shape index (κ2) is 9.35. The number of aromatic nitrogens is 4. The molecule has 0 aliphatic carbocycles. The molecule has 0 spiro atoms. The summed E-state index contributed by atoms with van der Waals surface area (Å²) in [6, 6.07) is 15.8. The molecule has 0 radical (unpaired) electrons. The number of nitrogens with zero attached hydrogens (tertiary/aromatic N) is 5. The van der Waals surface area contributed by atoms with Crippen LogP contribution in [0.15, 0.2) is 59.9 Å². The monoisotopic (exact) mass is 369 g/mol. The standard InChI is InChI=1S/C19H23N5OS/c1-23(14-16-8-6-7-11-20-16)15-18-21-22-19(24(18)2)26-13-12-25-17-9-4-3-5-10-17/h3-11H,12-15H2,1-2H3. The molecule has 3 rings (SSSR count). The number of pyridine rings is 1. The van der Waals surface area contributed by atoms with Crippen LogP contribution >= 0.6 is 11.8 Å². The number of hydrogen-bond donors (Lipinski definition) is 0. The SMILES string of the molecule is CN(Cc1ccccn1)Cc1nnc(SCCOc2ccccc2)n1C. The van der Waals surface area contributed by atoms with Crippen LogP contribution in [0, 0.1) is 0 Å². The van der Waals surface area contributed by atoms with Crippen molar-refractivity contribution in [2.45, 2.75) is 18.2 Å². The Balaban J connectivity index is 1.46. The molecule has 1 aromatic carbocycles. The smallest absolute Gasteiger partial charge is 0.191 e. The van der Waals surface area contributed by atoms with Gasteiger partial charge in [-0.2, -0.15) is 0 Å². The van der Waals surface area contributed by atoms with Crippen molar-refractivity contribution in [3.63, 3.8) is 0 Å². The predicted octanol–water partition coefficient (Wildman–Crippen LogP) is 3.01. The number of rotatable bonds is 9. The minimum absolute atomic E-state index is 0.635. The Kier molecular flexibility index (Phi) is 6.62. The third-order valence-corrected chi connectivity index (χ3v) is 4.81. The van der Waals surface area contributed by atoms with Crippen LogP contribution in [0.3, 0.4) is 0 Å². The van der Waals surface area contributed by atoms with Gasteiger partial charge in [-0.05, 0) is 31.3 Å². The lowest BCUT2D eigenvalue weighted by molar-refractivity contribution is 0.302. The molecule has 0 N–H and O–H groups in total. The van der Waals surface area contributed by atoms with Crippen LogP contribution in [-0.4, -0.2) is 44.1 Å². The molecule has 7 heteroatoms. The van der Waals surface area contributed by atoms with Gasteiger partial charge in [-0.3, -0.25) is 9.88 Å². The lowest BCUT2D eigenvalue weighted by atomic mass is 10.3. The zero-order chi connectivity index (χ0) is 18.2. The second-order valence-electron chi connectivity index (χ2n) is 5.96. The van der Waals surface area contributed by atoms with E-state index in [0.29, 0.717) is 6.61 Å². The van der Waals surface area contributed by atoms with Gasteiger partial charge in [0, 0.05) is 25.5 Å². The third-order valence-electron chi connectivity index (χ3n) is 3.82. The summed E-state index contributed by atoms with van der Waals surface area (Å²) in [5.41, 5.74) is 1.05. The van der Waals surface area contributed by atoms with Gasteiger partial charge in [0.2, 0.25) is 0 Å². The molecule has 0 amide bonds. The van der Waals surface area contributed by atoms with Gasteiger partial charge in [0.05, 0.1) is 18.8 Å². The molecule has 0 atom stereocenters. The summed E-state index contributed by atoms with van der Waals surface area (Å²) in [6.07, 6.45) is 1.82. The average molecular weight is 369 g/mol. The molecule has 0 bridgehead atoms. The Bertz CT molecular complexity index is 794. The van der Waals surface area contributed by atoms with E-state index in [2.05, 4.69) is 27.1 Å². The fourth-order valence-electron chi connectivity index (χ4n) is 2.48. The van der Waals surface area contributed by atoms with E-state index in [1.807, 2.05) is 66.3 Å². The lowest BCUT2D eigenvalue weighted by Crippen LogP contribution is -2.20. The van der Waals surface area contributed by atoms with Crippen molar-refractivity contribution in [1.29, 1.82) is 0 Å². The van der Waals surface area contributed by atoms with Gasteiger partial charge in [0.15, 0.2) is 5.16 Å². The summed E-state index contributed by atoms with van der Waals surface area (Å²) < 4.78 is 7.76. The summed E-state index contributed by atoms with van der Waals surface area (Å²) in [6.45, 7) is 2.14. The van der Waals surface area contributed by atoms with Crippen LogP contribution in [0.1, 0.15) is 11.5 Å². The minimum Gasteiger partial charge on any atom is -0.493 e. The zero-order valence-corrected chi connectivity index (χ0v) is 15.9. The zero-order valence-electron chi connectivity index (χ0n) is 15.1. The highest BCUT2D eigenvalue weighted by atomic mass is 32.2. The molecule has 2 aromatic heterocycles. The Morgan fingerprint density at radius 3 is 2.62 bits per heavy atom. The van der Waals surface area contributed by atoms with Crippen LogP contribution in [0.4, 0.5) is 0 Å². The van der Waals surface area contributed by atoms with Crippen LogP contribution in [-0.2, 0) is 20.1 Å². The first kappa shape index (κ1) is 18.4. The summed E-state index contributed by atoms with van der Waals surface area (Å²) in [5.74, 6) is 2.66. The molecule has 26 heavy (non-hydrogen) atoms. The molecule has 0 aliphatic rings. The van der Waals surface area contributed by atoms with Crippen LogP contribution in [0.25, 0.3) is 0 Å². The van der Waals surface area contributed by atoms with Crippen molar-refractivity contribution in [3.05, 3.63) is 66.2 Å². The number of para-hydroxylation sites is 1. The van der Waals surface area contributed by atoms with Gasteiger partial charge in [-0.15, -0.1) is 10.2 Å². The molecule has 0 unspecified atom stereocenters.